The highest BCUT2D eigenvalue weighted by atomic mass is 16.8. The van der Waals surface area contributed by atoms with E-state index in [0.717, 1.165) is 0 Å². The van der Waals surface area contributed by atoms with Crippen LogP contribution in [-0.2, 0) is 14.2 Å². The summed E-state index contributed by atoms with van der Waals surface area (Å²) in [6.07, 6.45) is -9.70. The van der Waals surface area contributed by atoms with Crippen molar-refractivity contribution in [1.82, 2.24) is 0 Å². The van der Waals surface area contributed by atoms with Crippen LogP contribution in [-0.4, -0.2) is 78.7 Å². The van der Waals surface area contributed by atoms with E-state index >= 15 is 0 Å². The lowest BCUT2D eigenvalue weighted by molar-refractivity contribution is -0.988. The molecule has 172 valence electrons. The van der Waals surface area contributed by atoms with Gasteiger partial charge in [0.25, 0.3) is 12.2 Å². The second kappa shape index (κ2) is 8.19. The summed E-state index contributed by atoms with van der Waals surface area (Å²) >= 11 is 0. The molecule has 0 aromatic carbocycles. The fourth-order valence-corrected chi connectivity index (χ4v) is 2.80. The van der Waals surface area contributed by atoms with Gasteiger partial charge in [-0.1, -0.05) is 0 Å². The molecule has 0 N–H and O–H groups in total. The molecule has 2 rings (SSSR count). The molecule has 2 aliphatic heterocycles. The van der Waals surface area contributed by atoms with Gasteiger partial charge in [0.1, 0.15) is 0 Å². The van der Waals surface area contributed by atoms with E-state index < -0.39 is 78.4 Å². The van der Waals surface area contributed by atoms with Gasteiger partial charge in [-0.25, -0.2) is 0 Å². The summed E-state index contributed by atoms with van der Waals surface area (Å²) in [5, 5.41) is 68.3. The molecule has 21 heteroatoms. The molecular formula is C10H12N6O15. The van der Waals surface area contributed by atoms with Crippen LogP contribution in [0.15, 0.2) is 0 Å². The zero-order valence-electron chi connectivity index (χ0n) is 14.9. The second-order valence-corrected chi connectivity index (χ2v) is 6.41. The molecule has 0 aromatic heterocycles. The molecule has 2 aliphatic rings. The lowest BCUT2D eigenvalue weighted by atomic mass is 10.0. The van der Waals surface area contributed by atoms with Crippen molar-refractivity contribution < 1.29 is 43.8 Å². The summed E-state index contributed by atoms with van der Waals surface area (Å²) in [5.74, 6) is -8.77. The molecule has 31 heavy (non-hydrogen) atoms. The summed E-state index contributed by atoms with van der Waals surface area (Å²) in [6.45, 7) is -0.353. The molecule has 0 amide bonds. The van der Waals surface area contributed by atoms with E-state index in [1.54, 1.807) is 0 Å². The van der Waals surface area contributed by atoms with Crippen LogP contribution in [0, 0.1) is 60.7 Å². The van der Waals surface area contributed by atoms with E-state index in [2.05, 4.69) is 0 Å². The largest absolute Gasteiger partial charge is 0.726 e. The Morgan fingerprint density at radius 3 is 1.03 bits per heavy atom. The summed E-state index contributed by atoms with van der Waals surface area (Å²) < 4.78 is 14.2. The Morgan fingerprint density at radius 1 is 0.645 bits per heavy atom. The van der Waals surface area contributed by atoms with Crippen molar-refractivity contribution in [2.24, 2.45) is 0 Å². The lowest BCUT2D eigenvalue weighted by Gasteiger charge is -2.23. The van der Waals surface area contributed by atoms with Crippen molar-refractivity contribution in [3.8, 4) is 0 Å². The van der Waals surface area contributed by atoms with Crippen LogP contribution in [0.2, 0.25) is 0 Å². The summed E-state index contributed by atoms with van der Waals surface area (Å²) in [7, 11) is 0. The fourth-order valence-electron chi connectivity index (χ4n) is 2.80. The van der Waals surface area contributed by atoms with Gasteiger partial charge in [-0.3, -0.25) is 60.7 Å². The smallest absolute Gasteiger partial charge is 0.373 e. The first-order chi connectivity index (χ1) is 14.3. The number of epoxide rings is 2. The Kier molecular flexibility index (Phi) is 6.23. The average molecular weight is 456 g/mol. The summed E-state index contributed by atoms with van der Waals surface area (Å²) in [5.41, 5.74) is 0. The van der Waals surface area contributed by atoms with Crippen LogP contribution in [0.1, 0.15) is 12.8 Å². The first-order valence-corrected chi connectivity index (χ1v) is 8.08. The van der Waals surface area contributed by atoms with Gasteiger partial charge in [-0.2, -0.15) is 0 Å². The minimum Gasteiger partial charge on any atom is -0.373 e. The van der Waals surface area contributed by atoms with Crippen LogP contribution >= 0.6 is 0 Å². The van der Waals surface area contributed by atoms with E-state index in [1.807, 2.05) is 0 Å². The first kappa shape index (κ1) is 23.6. The minimum atomic E-state index is -4.38. The van der Waals surface area contributed by atoms with Crippen LogP contribution in [0.3, 0.4) is 0 Å². The van der Waals surface area contributed by atoms with Crippen molar-refractivity contribution in [2.75, 3.05) is 13.2 Å². The Hall–Kier alpha value is -3.72. The Morgan fingerprint density at radius 2 is 0.871 bits per heavy atom. The number of ether oxygens (including phenoxy) is 3. The van der Waals surface area contributed by atoms with E-state index in [0.29, 0.717) is 0 Å². The third-order valence-corrected chi connectivity index (χ3v) is 4.56. The molecule has 0 bridgehead atoms. The Labute approximate surface area is 167 Å². The molecule has 0 saturated carbocycles. The number of hydrogen-bond acceptors (Lipinski definition) is 15. The number of nitro groups is 6. The van der Waals surface area contributed by atoms with Crippen molar-refractivity contribution in [1.29, 1.82) is 0 Å². The van der Waals surface area contributed by atoms with Gasteiger partial charge in [-0.15, -0.1) is 0 Å². The molecule has 0 aliphatic carbocycles. The zero-order valence-corrected chi connectivity index (χ0v) is 14.9. The minimum absolute atomic E-state index is 0.176. The van der Waals surface area contributed by atoms with Gasteiger partial charge < -0.3 is 14.2 Å². The highest BCUT2D eigenvalue weighted by Crippen LogP contribution is 2.35. The second-order valence-electron chi connectivity index (χ2n) is 6.41. The summed E-state index contributed by atoms with van der Waals surface area (Å²) in [6, 6.07) is 0. The van der Waals surface area contributed by atoms with Crippen LogP contribution in [0.5, 0.6) is 0 Å². The number of rotatable bonds is 14. The van der Waals surface area contributed by atoms with Gasteiger partial charge >= 0.3 is 11.6 Å². The molecular weight excluding hydrogens is 444 g/mol. The van der Waals surface area contributed by atoms with Gasteiger partial charge in [0, 0.05) is 12.8 Å². The molecule has 2 fully saturated rings. The summed E-state index contributed by atoms with van der Waals surface area (Å²) in [4.78, 5) is 56.6. The SMILES string of the molecule is O=[N+]([O-])C(C(CC1CO1)OC(CC1CO1)C([N+](=O)[O-])([N+](=O)[O-])[N+](=O)[O-])([N+](=O)[O-])[N+](=O)[O-]. The lowest BCUT2D eigenvalue weighted by Crippen LogP contribution is -2.67. The van der Waals surface area contributed by atoms with Gasteiger partial charge in [-0.05, 0) is 0 Å². The predicted molar refractivity (Wildman–Crippen MR) is 84.8 cm³/mol. The van der Waals surface area contributed by atoms with E-state index in [4.69, 9.17) is 14.2 Å². The topological polar surface area (TPSA) is 293 Å². The third-order valence-electron chi connectivity index (χ3n) is 4.56. The highest BCUT2D eigenvalue weighted by Gasteiger charge is 2.83. The predicted octanol–water partition coefficient (Wildman–Crippen LogP) is -1.71. The normalized spacial score (nSPS) is 22.1. The zero-order chi connectivity index (χ0) is 23.7. The van der Waals surface area contributed by atoms with Crippen molar-refractivity contribution in [2.45, 2.75) is 48.8 Å². The number of hydrogen-bond donors (Lipinski definition) is 0. The van der Waals surface area contributed by atoms with Crippen molar-refractivity contribution in [3.05, 3.63) is 60.7 Å². The Balaban J connectivity index is 2.63. The molecule has 4 unspecified atom stereocenters. The van der Waals surface area contributed by atoms with E-state index in [1.165, 1.54) is 0 Å². The maximum atomic E-state index is 11.4. The third kappa shape index (κ3) is 3.99. The fraction of sp³-hybridized carbons (Fsp3) is 1.00. The standard InChI is InChI=1S/C10H12N6O15/c17-11(18)9(12(19)20,13(21)22)7(1-5-3-29-5)31-8(2-6-4-30-6)10(14(23)24,15(25)26)16(27)28/h5-8H,1-4H2. The van der Waals surface area contributed by atoms with E-state index in [9.17, 15) is 60.7 Å². The average Bonchev–Trinajstić information content (AvgIpc) is 3.49. The van der Waals surface area contributed by atoms with Crippen LogP contribution < -0.4 is 0 Å². The molecule has 0 radical (unpaired) electrons. The molecule has 2 saturated heterocycles. The van der Waals surface area contributed by atoms with Gasteiger partial charge in [0.15, 0.2) is 29.5 Å². The van der Waals surface area contributed by atoms with Crippen LogP contribution in [0.4, 0.5) is 0 Å². The quantitative estimate of drug-likeness (QED) is 0.121. The Bertz CT molecular complexity index is 685. The van der Waals surface area contributed by atoms with Gasteiger partial charge in [0.05, 0.1) is 25.4 Å². The molecule has 0 aromatic rings. The first-order valence-electron chi connectivity index (χ1n) is 8.08. The van der Waals surface area contributed by atoms with E-state index in [-0.39, 0.29) is 13.2 Å². The van der Waals surface area contributed by atoms with Crippen molar-refractivity contribution >= 4 is 0 Å². The highest BCUT2D eigenvalue weighted by molar-refractivity contribution is 4.85. The van der Waals surface area contributed by atoms with Crippen molar-refractivity contribution in [3.63, 3.8) is 0 Å². The maximum Gasteiger partial charge on any atom is 0.726 e. The van der Waals surface area contributed by atoms with Gasteiger partial charge in [0.2, 0.25) is 0 Å². The molecule has 2 heterocycles. The molecule has 0 spiro atoms. The monoisotopic (exact) mass is 456 g/mol. The maximum absolute atomic E-state index is 11.4. The molecule has 21 nitrogen and oxygen atoms in total. The van der Waals surface area contributed by atoms with Crippen LogP contribution in [0.25, 0.3) is 0 Å². The molecule has 4 atom stereocenters. The number of nitrogens with zero attached hydrogens (tertiary/aromatic N) is 6.